The van der Waals surface area contributed by atoms with Crippen molar-refractivity contribution in [1.29, 1.82) is 0 Å². The fourth-order valence-electron chi connectivity index (χ4n) is 1.92. The Morgan fingerprint density at radius 3 is 2.37 bits per heavy atom. The predicted molar refractivity (Wildman–Crippen MR) is 74.1 cm³/mol. The summed E-state index contributed by atoms with van der Waals surface area (Å²) in [6, 6.07) is -1.00. The minimum absolute atomic E-state index is 0.0129. The van der Waals surface area contributed by atoms with Gasteiger partial charge < -0.3 is 20.5 Å². The highest BCUT2D eigenvalue weighted by atomic mass is 32.2. The lowest BCUT2D eigenvalue weighted by molar-refractivity contribution is -0.139. The summed E-state index contributed by atoms with van der Waals surface area (Å²) in [6.45, 7) is 7.59. The van der Waals surface area contributed by atoms with Gasteiger partial charge in [-0.25, -0.2) is 0 Å². The van der Waals surface area contributed by atoms with Crippen LogP contribution in [0.15, 0.2) is 0 Å². The van der Waals surface area contributed by atoms with Crippen LogP contribution < -0.4 is 5.73 Å². The van der Waals surface area contributed by atoms with Crippen LogP contribution in [0.1, 0.15) is 20.8 Å². The first kappa shape index (κ1) is 16.3. The molecule has 19 heavy (non-hydrogen) atoms. The number of amides is 1. The second-order valence-corrected chi connectivity index (χ2v) is 7.11. The maximum absolute atomic E-state index is 12.2. The number of hydrogen-bond donors (Lipinski definition) is 2. The number of aliphatic carboxylic acids is 1. The van der Waals surface area contributed by atoms with E-state index in [-0.39, 0.29) is 11.2 Å². The van der Waals surface area contributed by atoms with E-state index in [0.717, 1.165) is 0 Å². The first-order valence-electron chi connectivity index (χ1n) is 6.28. The van der Waals surface area contributed by atoms with Crippen molar-refractivity contribution in [2.24, 2.45) is 5.73 Å². The number of carbonyl (C=O) groups excluding carboxylic acids is 1. The molecule has 0 radical (unpaired) electrons. The molecule has 1 heterocycles. The zero-order chi connectivity index (χ0) is 14.6. The molecule has 0 aromatic carbocycles. The summed E-state index contributed by atoms with van der Waals surface area (Å²) in [7, 11) is 0. The molecule has 3 N–H and O–H groups in total. The first-order valence-corrected chi connectivity index (χ1v) is 7.16. The van der Waals surface area contributed by atoms with Crippen LogP contribution >= 0.6 is 11.8 Å². The molecule has 2 atom stereocenters. The maximum Gasteiger partial charge on any atom is 0.321 e. The summed E-state index contributed by atoms with van der Waals surface area (Å²) in [5.74, 6) is -1.04. The summed E-state index contributed by atoms with van der Waals surface area (Å²) >= 11 is 1.30. The van der Waals surface area contributed by atoms with Crippen LogP contribution in [-0.4, -0.2) is 64.2 Å². The molecule has 0 saturated carbocycles. The third-order valence-corrected chi connectivity index (χ3v) is 4.58. The lowest BCUT2D eigenvalue weighted by Crippen LogP contribution is -2.50. The Kier molecular flexibility index (Phi) is 5.64. The highest BCUT2D eigenvalue weighted by Gasteiger charge is 2.36. The standard InChI is InChI=1S/C12H22N2O4S/c1-8(10(15)14-4-6-18-7-5-14)19-12(2,3)9(13)11(16)17/h8-9H,4-7,13H2,1-3H3,(H,16,17)/t8?,9-/m1/s1. The third kappa shape index (κ3) is 4.36. The molecule has 1 aliphatic rings. The number of nitrogens with two attached hydrogens (primary N) is 1. The van der Waals surface area contributed by atoms with Gasteiger partial charge in [-0.2, -0.15) is 0 Å². The topological polar surface area (TPSA) is 92.9 Å². The van der Waals surface area contributed by atoms with E-state index in [1.165, 1.54) is 11.8 Å². The van der Waals surface area contributed by atoms with Crippen molar-refractivity contribution in [3.05, 3.63) is 0 Å². The van der Waals surface area contributed by atoms with Crippen molar-refractivity contribution in [3.8, 4) is 0 Å². The predicted octanol–water partition coefficient (Wildman–Crippen LogP) is 0.157. The minimum atomic E-state index is -1.05. The van der Waals surface area contributed by atoms with E-state index in [2.05, 4.69) is 0 Å². The van der Waals surface area contributed by atoms with Gasteiger partial charge in [0.2, 0.25) is 5.91 Å². The molecule has 1 unspecified atom stereocenters. The molecule has 1 fully saturated rings. The molecule has 6 nitrogen and oxygen atoms in total. The van der Waals surface area contributed by atoms with Crippen LogP contribution in [0.25, 0.3) is 0 Å². The summed E-state index contributed by atoms with van der Waals surface area (Å²) < 4.78 is 4.50. The lowest BCUT2D eigenvalue weighted by atomic mass is 10.1. The van der Waals surface area contributed by atoms with E-state index in [1.54, 1.807) is 25.7 Å². The first-order chi connectivity index (χ1) is 8.75. The lowest BCUT2D eigenvalue weighted by Gasteiger charge is -2.34. The van der Waals surface area contributed by atoms with Gasteiger partial charge in [-0.05, 0) is 20.8 Å². The van der Waals surface area contributed by atoms with E-state index in [0.29, 0.717) is 26.3 Å². The summed E-state index contributed by atoms with van der Waals surface area (Å²) in [4.78, 5) is 24.9. The van der Waals surface area contributed by atoms with Gasteiger partial charge in [0, 0.05) is 17.8 Å². The van der Waals surface area contributed by atoms with Crippen LogP contribution in [0.5, 0.6) is 0 Å². The number of ether oxygens (including phenoxy) is 1. The number of carboxylic acids is 1. The number of hydrogen-bond acceptors (Lipinski definition) is 5. The quantitative estimate of drug-likeness (QED) is 0.749. The molecule has 1 aliphatic heterocycles. The molecule has 110 valence electrons. The number of rotatable bonds is 5. The van der Waals surface area contributed by atoms with Crippen molar-refractivity contribution >= 4 is 23.6 Å². The molecule has 1 rings (SSSR count). The molecule has 0 aliphatic carbocycles. The van der Waals surface area contributed by atoms with Gasteiger partial charge in [-0.3, -0.25) is 9.59 Å². The maximum atomic E-state index is 12.2. The Bertz CT molecular complexity index is 343. The number of morpholine rings is 1. The third-order valence-electron chi connectivity index (χ3n) is 3.17. The normalized spacial score (nSPS) is 19.9. The Morgan fingerprint density at radius 2 is 1.89 bits per heavy atom. The summed E-state index contributed by atoms with van der Waals surface area (Å²) in [5, 5.41) is 8.65. The highest BCUT2D eigenvalue weighted by Crippen LogP contribution is 2.32. The van der Waals surface area contributed by atoms with Gasteiger partial charge >= 0.3 is 5.97 Å². The van der Waals surface area contributed by atoms with Crippen molar-refractivity contribution in [3.63, 3.8) is 0 Å². The second-order valence-electron chi connectivity index (χ2n) is 5.12. The van der Waals surface area contributed by atoms with Gasteiger partial charge in [0.15, 0.2) is 0 Å². The zero-order valence-electron chi connectivity index (χ0n) is 11.6. The van der Waals surface area contributed by atoms with Crippen LogP contribution in [0.3, 0.4) is 0 Å². The smallest absolute Gasteiger partial charge is 0.321 e. The Morgan fingerprint density at radius 1 is 1.37 bits per heavy atom. The summed E-state index contributed by atoms with van der Waals surface area (Å²) in [6.07, 6.45) is 0. The van der Waals surface area contributed by atoms with E-state index in [1.807, 2.05) is 0 Å². The van der Waals surface area contributed by atoms with Crippen molar-refractivity contribution in [2.75, 3.05) is 26.3 Å². The van der Waals surface area contributed by atoms with Gasteiger partial charge in [0.1, 0.15) is 6.04 Å². The van der Waals surface area contributed by atoms with Crippen LogP contribution in [0, 0.1) is 0 Å². The van der Waals surface area contributed by atoms with E-state index in [4.69, 9.17) is 15.6 Å². The Hall–Kier alpha value is -0.790. The average molecular weight is 290 g/mol. The molecule has 7 heteroatoms. The average Bonchev–Trinajstić information content (AvgIpc) is 2.37. The number of thioether (sulfide) groups is 1. The minimum Gasteiger partial charge on any atom is -0.480 e. The van der Waals surface area contributed by atoms with Crippen LogP contribution in [0.4, 0.5) is 0 Å². The monoisotopic (exact) mass is 290 g/mol. The molecule has 1 amide bonds. The number of carbonyl (C=O) groups is 2. The zero-order valence-corrected chi connectivity index (χ0v) is 12.4. The van der Waals surface area contributed by atoms with Gasteiger partial charge in [-0.15, -0.1) is 11.8 Å². The summed E-state index contributed by atoms with van der Waals surface area (Å²) in [5.41, 5.74) is 5.66. The van der Waals surface area contributed by atoms with Gasteiger partial charge in [0.05, 0.1) is 18.5 Å². The molecule has 0 aromatic heterocycles. The van der Waals surface area contributed by atoms with E-state index in [9.17, 15) is 9.59 Å². The van der Waals surface area contributed by atoms with Gasteiger partial charge in [-0.1, -0.05) is 0 Å². The van der Waals surface area contributed by atoms with Crippen molar-refractivity contribution in [2.45, 2.75) is 36.8 Å². The molecule has 0 bridgehead atoms. The van der Waals surface area contributed by atoms with Crippen molar-refractivity contribution < 1.29 is 19.4 Å². The van der Waals surface area contributed by atoms with Crippen molar-refractivity contribution in [1.82, 2.24) is 4.90 Å². The molecule has 0 aromatic rings. The molecule has 0 spiro atoms. The number of nitrogens with zero attached hydrogens (tertiary/aromatic N) is 1. The Balaban J connectivity index is 2.59. The van der Waals surface area contributed by atoms with Crippen LogP contribution in [-0.2, 0) is 14.3 Å². The number of carboxylic acid groups (broad SMARTS) is 1. The van der Waals surface area contributed by atoms with E-state index >= 15 is 0 Å². The fraction of sp³-hybridized carbons (Fsp3) is 0.833. The van der Waals surface area contributed by atoms with E-state index < -0.39 is 16.8 Å². The SMILES string of the molecule is CC(SC(C)(C)[C@H](N)C(=O)O)C(=O)N1CCOCC1. The van der Waals surface area contributed by atoms with Crippen LogP contribution in [0.2, 0.25) is 0 Å². The highest BCUT2D eigenvalue weighted by molar-refractivity contribution is 8.02. The fourth-order valence-corrected chi connectivity index (χ4v) is 3.33. The molecule has 1 saturated heterocycles. The largest absolute Gasteiger partial charge is 0.480 e. The Labute approximate surface area is 117 Å². The molecular weight excluding hydrogens is 268 g/mol. The van der Waals surface area contributed by atoms with Gasteiger partial charge in [0.25, 0.3) is 0 Å². The second kappa shape index (κ2) is 6.58. The molecular formula is C12H22N2O4S.